The van der Waals surface area contributed by atoms with E-state index in [1.165, 1.54) is 6.08 Å². The number of rotatable bonds is 6. The number of carbonyl (C=O) groups is 1. The van der Waals surface area contributed by atoms with Gasteiger partial charge in [0, 0.05) is 29.4 Å². The van der Waals surface area contributed by atoms with Crippen LogP contribution >= 0.6 is 0 Å². The number of aromatic nitrogens is 2. The Labute approximate surface area is 181 Å². The largest absolute Gasteiger partial charge is 0.497 e. The molecule has 1 N–H and O–H groups in total. The summed E-state index contributed by atoms with van der Waals surface area (Å²) in [5.41, 5.74) is 3.28. The molecule has 1 aliphatic heterocycles. The van der Waals surface area contributed by atoms with Crippen molar-refractivity contribution in [3.8, 4) is 22.7 Å². The number of benzene rings is 2. The summed E-state index contributed by atoms with van der Waals surface area (Å²) in [5, 5.41) is 7.49. The van der Waals surface area contributed by atoms with Gasteiger partial charge in [-0.05, 0) is 48.9 Å². The molecule has 0 radical (unpaired) electrons. The SMILES string of the molecule is COc1ccc(-c2nn(-c3ccccc3)cc2/C=C/C(=O)NC2CCS(=O)(=O)C2)cc1. The molecule has 3 aromatic rings. The zero-order chi connectivity index (χ0) is 21.8. The van der Waals surface area contributed by atoms with Gasteiger partial charge in [-0.1, -0.05) is 18.2 Å². The van der Waals surface area contributed by atoms with Crippen molar-refractivity contribution in [2.75, 3.05) is 18.6 Å². The fourth-order valence-corrected chi connectivity index (χ4v) is 5.19. The van der Waals surface area contributed by atoms with Crippen molar-refractivity contribution >= 4 is 21.8 Å². The van der Waals surface area contributed by atoms with Crippen LogP contribution in [0.2, 0.25) is 0 Å². The minimum atomic E-state index is -3.05. The lowest BCUT2D eigenvalue weighted by atomic mass is 10.1. The molecule has 8 heteroatoms. The number of amides is 1. The Morgan fingerprint density at radius 3 is 2.55 bits per heavy atom. The number of hydrogen-bond acceptors (Lipinski definition) is 5. The third-order valence-corrected chi connectivity index (χ3v) is 6.89. The Bertz CT molecular complexity index is 1200. The fraction of sp³-hybridized carbons (Fsp3) is 0.217. The zero-order valence-electron chi connectivity index (χ0n) is 17.1. The standard InChI is InChI=1S/C23H23N3O4S/c1-30-21-10-7-17(8-11-21)23-18(15-26(25-23)20-5-3-2-4-6-20)9-12-22(27)24-19-13-14-31(28,29)16-19/h2-12,15,19H,13-14,16H2,1H3,(H,24,27)/b12-9+. The molecule has 0 aliphatic carbocycles. The molecule has 7 nitrogen and oxygen atoms in total. The second kappa shape index (κ2) is 8.77. The third kappa shape index (κ3) is 5.03. The smallest absolute Gasteiger partial charge is 0.244 e. The van der Waals surface area contributed by atoms with Crippen molar-refractivity contribution < 1.29 is 17.9 Å². The summed E-state index contributed by atoms with van der Waals surface area (Å²) in [6, 6.07) is 16.9. The summed E-state index contributed by atoms with van der Waals surface area (Å²) < 4.78 is 30.2. The highest BCUT2D eigenvalue weighted by molar-refractivity contribution is 7.91. The van der Waals surface area contributed by atoms with E-state index < -0.39 is 9.84 Å². The van der Waals surface area contributed by atoms with Crippen LogP contribution in [0.5, 0.6) is 5.75 Å². The summed E-state index contributed by atoms with van der Waals surface area (Å²) >= 11 is 0. The van der Waals surface area contributed by atoms with E-state index in [-0.39, 0.29) is 23.5 Å². The summed E-state index contributed by atoms with van der Waals surface area (Å²) in [7, 11) is -1.43. The van der Waals surface area contributed by atoms with Gasteiger partial charge in [0.15, 0.2) is 9.84 Å². The average Bonchev–Trinajstić information content (AvgIpc) is 3.35. The lowest BCUT2D eigenvalue weighted by molar-refractivity contribution is -0.116. The molecule has 0 saturated carbocycles. The quantitative estimate of drug-likeness (QED) is 0.599. The predicted octanol–water partition coefficient (Wildman–Crippen LogP) is 2.86. The molecule has 4 rings (SSSR count). The Morgan fingerprint density at radius 1 is 1.16 bits per heavy atom. The van der Waals surface area contributed by atoms with E-state index in [0.717, 1.165) is 28.3 Å². The third-order valence-electron chi connectivity index (χ3n) is 5.12. The molecule has 160 valence electrons. The van der Waals surface area contributed by atoms with Crippen molar-refractivity contribution in [3.63, 3.8) is 0 Å². The van der Waals surface area contributed by atoms with Crippen LogP contribution in [0.1, 0.15) is 12.0 Å². The van der Waals surface area contributed by atoms with E-state index in [1.807, 2.05) is 60.8 Å². The summed E-state index contributed by atoms with van der Waals surface area (Å²) in [6.45, 7) is 0. The van der Waals surface area contributed by atoms with Crippen molar-refractivity contribution in [1.82, 2.24) is 15.1 Å². The highest BCUT2D eigenvalue weighted by atomic mass is 32.2. The van der Waals surface area contributed by atoms with Gasteiger partial charge in [0.2, 0.25) is 5.91 Å². The number of para-hydroxylation sites is 1. The number of hydrogen-bond donors (Lipinski definition) is 1. The zero-order valence-corrected chi connectivity index (χ0v) is 17.9. The minimum Gasteiger partial charge on any atom is -0.497 e. The lowest BCUT2D eigenvalue weighted by Gasteiger charge is -2.07. The van der Waals surface area contributed by atoms with Gasteiger partial charge in [-0.15, -0.1) is 0 Å². The fourth-order valence-electron chi connectivity index (χ4n) is 3.52. The summed E-state index contributed by atoms with van der Waals surface area (Å²) in [6.07, 6.45) is 5.43. The van der Waals surface area contributed by atoms with Gasteiger partial charge in [0.1, 0.15) is 5.75 Å². The first-order valence-electron chi connectivity index (χ1n) is 9.92. The molecule has 1 unspecified atom stereocenters. The average molecular weight is 438 g/mol. The van der Waals surface area contributed by atoms with Crippen molar-refractivity contribution in [1.29, 1.82) is 0 Å². The van der Waals surface area contributed by atoms with Crippen LogP contribution in [0.15, 0.2) is 66.9 Å². The van der Waals surface area contributed by atoms with Crippen molar-refractivity contribution in [2.45, 2.75) is 12.5 Å². The van der Waals surface area contributed by atoms with Gasteiger partial charge >= 0.3 is 0 Å². The van der Waals surface area contributed by atoms with Gasteiger partial charge in [0.25, 0.3) is 0 Å². The topological polar surface area (TPSA) is 90.3 Å². The Kier molecular flexibility index (Phi) is 5.90. The number of sulfone groups is 1. The van der Waals surface area contributed by atoms with E-state index in [0.29, 0.717) is 6.42 Å². The van der Waals surface area contributed by atoms with E-state index >= 15 is 0 Å². The monoisotopic (exact) mass is 437 g/mol. The van der Waals surface area contributed by atoms with Gasteiger partial charge in [-0.2, -0.15) is 5.10 Å². The maximum Gasteiger partial charge on any atom is 0.244 e. The summed E-state index contributed by atoms with van der Waals surface area (Å²) in [4.78, 5) is 12.4. The van der Waals surface area contributed by atoms with Crippen LogP contribution in [0, 0.1) is 0 Å². The number of nitrogens with one attached hydrogen (secondary N) is 1. The van der Waals surface area contributed by atoms with E-state index in [4.69, 9.17) is 9.84 Å². The normalized spacial score (nSPS) is 17.6. The van der Waals surface area contributed by atoms with Gasteiger partial charge in [-0.25, -0.2) is 13.1 Å². The van der Waals surface area contributed by atoms with Crippen LogP contribution < -0.4 is 10.1 Å². The molecule has 1 amide bonds. The van der Waals surface area contributed by atoms with E-state index in [9.17, 15) is 13.2 Å². The molecule has 0 spiro atoms. The van der Waals surface area contributed by atoms with E-state index in [2.05, 4.69) is 5.32 Å². The maximum absolute atomic E-state index is 12.4. The van der Waals surface area contributed by atoms with Crippen molar-refractivity contribution in [3.05, 3.63) is 72.4 Å². The number of methoxy groups -OCH3 is 1. The molecule has 1 aromatic heterocycles. The molecule has 1 atom stereocenters. The van der Waals surface area contributed by atoms with Crippen LogP contribution in [0.4, 0.5) is 0 Å². The van der Waals surface area contributed by atoms with Crippen LogP contribution in [-0.4, -0.2) is 48.8 Å². The summed E-state index contributed by atoms with van der Waals surface area (Å²) in [5.74, 6) is 0.535. The minimum absolute atomic E-state index is 0.00435. The maximum atomic E-state index is 12.4. The molecule has 1 aliphatic rings. The molecule has 2 heterocycles. The molecular formula is C23H23N3O4S. The van der Waals surface area contributed by atoms with Gasteiger partial charge in [-0.3, -0.25) is 4.79 Å². The second-order valence-corrected chi connectivity index (χ2v) is 9.61. The molecule has 0 bridgehead atoms. The molecule has 1 fully saturated rings. The second-order valence-electron chi connectivity index (χ2n) is 7.38. The predicted molar refractivity (Wildman–Crippen MR) is 120 cm³/mol. The molecule has 1 saturated heterocycles. The highest BCUT2D eigenvalue weighted by Gasteiger charge is 2.28. The first-order chi connectivity index (χ1) is 14.9. The highest BCUT2D eigenvalue weighted by Crippen LogP contribution is 2.26. The number of nitrogens with zero attached hydrogens (tertiary/aromatic N) is 2. The first-order valence-corrected chi connectivity index (χ1v) is 11.7. The Balaban J connectivity index is 1.61. The first kappa shape index (κ1) is 20.9. The Hall–Kier alpha value is -3.39. The van der Waals surface area contributed by atoms with Crippen LogP contribution in [0.3, 0.4) is 0 Å². The molecular weight excluding hydrogens is 414 g/mol. The van der Waals surface area contributed by atoms with E-state index in [1.54, 1.807) is 17.9 Å². The van der Waals surface area contributed by atoms with Gasteiger partial charge < -0.3 is 10.1 Å². The van der Waals surface area contributed by atoms with Crippen molar-refractivity contribution in [2.24, 2.45) is 0 Å². The van der Waals surface area contributed by atoms with Crippen LogP contribution in [-0.2, 0) is 14.6 Å². The number of ether oxygens (including phenoxy) is 1. The van der Waals surface area contributed by atoms with Gasteiger partial charge in [0.05, 0.1) is 30.0 Å². The molecule has 2 aromatic carbocycles. The lowest BCUT2D eigenvalue weighted by Crippen LogP contribution is -2.34. The number of carbonyl (C=O) groups excluding carboxylic acids is 1. The Morgan fingerprint density at radius 2 is 1.90 bits per heavy atom. The van der Waals surface area contributed by atoms with Crippen LogP contribution in [0.25, 0.3) is 23.0 Å². The molecule has 31 heavy (non-hydrogen) atoms.